The first kappa shape index (κ1) is 8.22. The number of carbonyl (C=O) groups excluding carboxylic acids is 1. The summed E-state index contributed by atoms with van der Waals surface area (Å²) in [5.41, 5.74) is 3.46. The molecule has 0 radical (unpaired) electrons. The lowest BCUT2D eigenvalue weighted by atomic mass is 9.95. The molecule has 1 aromatic rings. The van der Waals surface area contributed by atoms with E-state index < -0.39 is 5.54 Å². The van der Waals surface area contributed by atoms with Gasteiger partial charge in [-0.2, -0.15) is 0 Å². The summed E-state index contributed by atoms with van der Waals surface area (Å²) >= 11 is 0. The fourth-order valence-electron chi connectivity index (χ4n) is 1.54. The van der Waals surface area contributed by atoms with Crippen molar-refractivity contribution in [2.45, 2.75) is 12.5 Å². The summed E-state index contributed by atoms with van der Waals surface area (Å²) in [4.78, 5) is 11.5. The van der Waals surface area contributed by atoms with E-state index in [1.807, 2.05) is 24.3 Å². The zero-order valence-corrected chi connectivity index (χ0v) is 7.29. The number of benzene rings is 1. The van der Waals surface area contributed by atoms with E-state index in [2.05, 4.69) is 10.7 Å². The molecule has 0 saturated heterocycles. The summed E-state index contributed by atoms with van der Waals surface area (Å²) in [5.74, 6) is 5.25. The van der Waals surface area contributed by atoms with E-state index in [0.717, 1.165) is 11.3 Å². The standard InChI is InChI=1S/C9H11N3O/c1-9(12-10)6-4-2-3-5-7(6)11-8(9)13/h2-5,12H,10H2,1H3,(H,11,13)/t9-/m1/s1. The Bertz CT molecular complexity index is 364. The second-order valence-corrected chi connectivity index (χ2v) is 3.27. The highest BCUT2D eigenvalue weighted by atomic mass is 16.2. The number of hydrogen-bond donors (Lipinski definition) is 3. The molecule has 0 aromatic heterocycles. The summed E-state index contributed by atoms with van der Waals surface area (Å²) in [6.45, 7) is 1.76. The number of amides is 1. The molecule has 1 aromatic carbocycles. The van der Waals surface area contributed by atoms with Gasteiger partial charge in [-0.15, -0.1) is 0 Å². The van der Waals surface area contributed by atoms with Crippen molar-refractivity contribution in [2.75, 3.05) is 5.32 Å². The van der Waals surface area contributed by atoms with E-state index in [9.17, 15) is 4.79 Å². The lowest BCUT2D eigenvalue weighted by molar-refractivity contribution is -0.121. The largest absolute Gasteiger partial charge is 0.324 e. The van der Waals surface area contributed by atoms with Gasteiger partial charge in [-0.05, 0) is 13.0 Å². The SMILES string of the molecule is C[C@]1(NN)C(=O)Nc2ccccc21. The summed E-state index contributed by atoms with van der Waals surface area (Å²) in [6, 6.07) is 7.50. The highest BCUT2D eigenvalue weighted by Crippen LogP contribution is 2.34. The third kappa shape index (κ3) is 0.961. The molecule has 0 aliphatic carbocycles. The number of fused-ring (bicyclic) bond motifs is 1. The molecule has 68 valence electrons. The Morgan fingerprint density at radius 1 is 1.46 bits per heavy atom. The van der Waals surface area contributed by atoms with E-state index in [1.54, 1.807) is 6.92 Å². The number of nitrogens with one attached hydrogen (secondary N) is 2. The van der Waals surface area contributed by atoms with Crippen LogP contribution in [0.15, 0.2) is 24.3 Å². The summed E-state index contributed by atoms with van der Waals surface area (Å²) in [5, 5.41) is 2.76. The maximum Gasteiger partial charge on any atom is 0.250 e. The maximum absolute atomic E-state index is 11.5. The lowest BCUT2D eigenvalue weighted by Crippen LogP contribution is -2.49. The molecule has 0 unspecified atom stereocenters. The van der Waals surface area contributed by atoms with E-state index in [-0.39, 0.29) is 5.91 Å². The number of hydrazine groups is 1. The molecule has 0 bridgehead atoms. The van der Waals surface area contributed by atoms with Gasteiger partial charge in [0, 0.05) is 11.3 Å². The Kier molecular flexibility index (Phi) is 1.61. The Balaban J connectivity index is 2.59. The van der Waals surface area contributed by atoms with Crippen molar-refractivity contribution in [1.82, 2.24) is 5.43 Å². The van der Waals surface area contributed by atoms with Crippen LogP contribution in [0.2, 0.25) is 0 Å². The lowest BCUT2D eigenvalue weighted by Gasteiger charge is -2.20. The molecule has 1 amide bonds. The Morgan fingerprint density at radius 3 is 2.85 bits per heavy atom. The normalized spacial score (nSPS) is 25.5. The molecule has 1 aliphatic rings. The van der Waals surface area contributed by atoms with E-state index in [1.165, 1.54) is 0 Å². The minimum Gasteiger partial charge on any atom is -0.324 e. The number of nitrogens with two attached hydrogens (primary N) is 1. The average Bonchev–Trinajstić information content (AvgIpc) is 2.41. The molecule has 4 heteroatoms. The number of para-hydroxylation sites is 1. The van der Waals surface area contributed by atoms with Crippen LogP contribution in [0.25, 0.3) is 0 Å². The van der Waals surface area contributed by atoms with Crippen molar-refractivity contribution >= 4 is 11.6 Å². The van der Waals surface area contributed by atoms with Gasteiger partial charge in [0.1, 0.15) is 5.54 Å². The third-order valence-corrected chi connectivity index (χ3v) is 2.46. The number of rotatable bonds is 1. The second kappa shape index (κ2) is 2.55. The third-order valence-electron chi connectivity index (χ3n) is 2.46. The average molecular weight is 177 g/mol. The highest BCUT2D eigenvalue weighted by molar-refractivity contribution is 6.05. The zero-order chi connectivity index (χ0) is 9.47. The van der Waals surface area contributed by atoms with Gasteiger partial charge in [0.25, 0.3) is 0 Å². The topological polar surface area (TPSA) is 67.1 Å². The molecule has 0 fully saturated rings. The van der Waals surface area contributed by atoms with Crippen LogP contribution in [0.5, 0.6) is 0 Å². The van der Waals surface area contributed by atoms with E-state index in [4.69, 9.17) is 5.84 Å². The van der Waals surface area contributed by atoms with Crippen LogP contribution in [0.3, 0.4) is 0 Å². The molecule has 2 rings (SSSR count). The predicted molar refractivity (Wildman–Crippen MR) is 49.7 cm³/mol. The molecule has 0 saturated carbocycles. The molecule has 4 N–H and O–H groups in total. The first-order valence-electron chi connectivity index (χ1n) is 4.07. The van der Waals surface area contributed by atoms with Crippen molar-refractivity contribution in [1.29, 1.82) is 0 Å². The molecule has 13 heavy (non-hydrogen) atoms. The maximum atomic E-state index is 11.5. The Morgan fingerprint density at radius 2 is 2.15 bits per heavy atom. The smallest absolute Gasteiger partial charge is 0.250 e. The van der Waals surface area contributed by atoms with E-state index >= 15 is 0 Å². The molecular formula is C9H11N3O. The quantitative estimate of drug-likeness (QED) is 0.427. The van der Waals surface area contributed by atoms with Gasteiger partial charge < -0.3 is 5.32 Å². The Hall–Kier alpha value is -1.39. The molecule has 0 spiro atoms. The van der Waals surface area contributed by atoms with Gasteiger partial charge in [-0.25, -0.2) is 5.43 Å². The summed E-state index contributed by atoms with van der Waals surface area (Å²) in [6.07, 6.45) is 0. The van der Waals surface area contributed by atoms with Crippen molar-refractivity contribution in [3.63, 3.8) is 0 Å². The van der Waals surface area contributed by atoms with Crippen molar-refractivity contribution < 1.29 is 4.79 Å². The van der Waals surface area contributed by atoms with Gasteiger partial charge in [0.2, 0.25) is 5.91 Å². The van der Waals surface area contributed by atoms with Gasteiger partial charge in [-0.3, -0.25) is 10.6 Å². The van der Waals surface area contributed by atoms with Crippen LogP contribution in [0, 0.1) is 0 Å². The monoisotopic (exact) mass is 177 g/mol. The van der Waals surface area contributed by atoms with Crippen molar-refractivity contribution in [2.24, 2.45) is 5.84 Å². The molecule has 4 nitrogen and oxygen atoms in total. The zero-order valence-electron chi connectivity index (χ0n) is 7.29. The summed E-state index contributed by atoms with van der Waals surface area (Å²) < 4.78 is 0. The van der Waals surface area contributed by atoms with Crippen molar-refractivity contribution in [3.8, 4) is 0 Å². The minimum absolute atomic E-state index is 0.115. The van der Waals surface area contributed by atoms with Crippen LogP contribution >= 0.6 is 0 Å². The molecule has 1 atom stereocenters. The first-order valence-corrected chi connectivity index (χ1v) is 4.07. The van der Waals surface area contributed by atoms with Gasteiger partial charge in [-0.1, -0.05) is 18.2 Å². The number of anilines is 1. The van der Waals surface area contributed by atoms with Gasteiger partial charge in [0.05, 0.1) is 0 Å². The van der Waals surface area contributed by atoms with Gasteiger partial charge >= 0.3 is 0 Å². The van der Waals surface area contributed by atoms with Crippen LogP contribution in [0.1, 0.15) is 12.5 Å². The highest BCUT2D eigenvalue weighted by Gasteiger charge is 2.41. The minimum atomic E-state index is -0.795. The first-order chi connectivity index (χ1) is 6.18. The van der Waals surface area contributed by atoms with Crippen LogP contribution in [0.4, 0.5) is 5.69 Å². The number of carbonyl (C=O) groups is 1. The Labute approximate surface area is 76.1 Å². The summed E-state index contributed by atoms with van der Waals surface area (Å²) in [7, 11) is 0. The number of hydrogen-bond acceptors (Lipinski definition) is 3. The van der Waals surface area contributed by atoms with Crippen molar-refractivity contribution in [3.05, 3.63) is 29.8 Å². The molecular weight excluding hydrogens is 166 g/mol. The molecule has 1 heterocycles. The predicted octanol–water partition coefficient (Wildman–Crippen LogP) is 0.317. The fourth-order valence-corrected chi connectivity index (χ4v) is 1.54. The second-order valence-electron chi connectivity index (χ2n) is 3.27. The van der Waals surface area contributed by atoms with E-state index in [0.29, 0.717) is 0 Å². The van der Waals surface area contributed by atoms with Crippen LogP contribution in [-0.2, 0) is 10.3 Å². The molecule has 1 aliphatic heterocycles. The fraction of sp³-hybridized carbons (Fsp3) is 0.222. The van der Waals surface area contributed by atoms with Crippen LogP contribution < -0.4 is 16.6 Å². The van der Waals surface area contributed by atoms with Gasteiger partial charge in [0.15, 0.2) is 0 Å². The van der Waals surface area contributed by atoms with Crippen LogP contribution in [-0.4, -0.2) is 5.91 Å².